The van der Waals surface area contributed by atoms with Gasteiger partial charge >= 0.3 is 0 Å². The van der Waals surface area contributed by atoms with E-state index in [9.17, 15) is 9.18 Å². The second kappa shape index (κ2) is 7.79. The number of fused-ring (bicyclic) bond motifs is 1. The smallest absolute Gasteiger partial charge is 0.241 e. The summed E-state index contributed by atoms with van der Waals surface area (Å²) >= 11 is 0. The Bertz CT molecular complexity index is 1040. The van der Waals surface area contributed by atoms with Crippen molar-refractivity contribution in [2.75, 3.05) is 18.7 Å². The molecule has 1 fully saturated rings. The van der Waals surface area contributed by atoms with E-state index in [4.69, 9.17) is 9.47 Å². The standard InChI is InChI=1S/C22H21FN4O3/c23-16-10-19(27(12-16)11-15-2-1-3-20-21(15)30-13-29-20)22(28)25-17-6-4-14(5-7-17)18-8-9-24-26-18/h1-9,16,19H,10-13H2,(H,24,26)(H,25,28)/t16-,19+/m0/s1. The summed E-state index contributed by atoms with van der Waals surface area (Å²) in [5.74, 6) is 1.14. The van der Waals surface area contributed by atoms with Crippen LogP contribution in [0.15, 0.2) is 54.7 Å². The quantitative estimate of drug-likeness (QED) is 0.677. The number of aromatic amines is 1. The van der Waals surface area contributed by atoms with Crippen molar-refractivity contribution in [1.82, 2.24) is 15.1 Å². The Morgan fingerprint density at radius 2 is 2.07 bits per heavy atom. The van der Waals surface area contributed by atoms with Gasteiger partial charge in [-0.3, -0.25) is 14.8 Å². The zero-order chi connectivity index (χ0) is 20.5. The van der Waals surface area contributed by atoms with E-state index in [2.05, 4.69) is 15.5 Å². The molecule has 2 aliphatic heterocycles. The highest BCUT2D eigenvalue weighted by Crippen LogP contribution is 2.37. The molecule has 30 heavy (non-hydrogen) atoms. The lowest BCUT2D eigenvalue weighted by Gasteiger charge is -2.23. The molecule has 0 unspecified atom stereocenters. The summed E-state index contributed by atoms with van der Waals surface area (Å²) in [6.45, 7) is 0.807. The summed E-state index contributed by atoms with van der Waals surface area (Å²) in [5, 5.41) is 9.76. The number of nitrogens with one attached hydrogen (secondary N) is 2. The van der Waals surface area contributed by atoms with Gasteiger partial charge in [0.15, 0.2) is 11.5 Å². The van der Waals surface area contributed by atoms with E-state index in [1.54, 1.807) is 6.20 Å². The first-order valence-electron chi connectivity index (χ1n) is 9.83. The van der Waals surface area contributed by atoms with E-state index >= 15 is 0 Å². The van der Waals surface area contributed by atoms with Crippen molar-refractivity contribution < 1.29 is 18.7 Å². The summed E-state index contributed by atoms with van der Waals surface area (Å²) < 4.78 is 25.2. The summed E-state index contributed by atoms with van der Waals surface area (Å²) in [7, 11) is 0. The number of hydrogen-bond donors (Lipinski definition) is 2. The van der Waals surface area contributed by atoms with Crippen LogP contribution in [0.25, 0.3) is 11.3 Å². The maximum absolute atomic E-state index is 14.2. The van der Waals surface area contributed by atoms with E-state index in [1.165, 1.54) is 0 Å². The molecule has 8 heteroatoms. The molecule has 2 N–H and O–H groups in total. The van der Waals surface area contributed by atoms with Gasteiger partial charge in [-0.2, -0.15) is 5.10 Å². The van der Waals surface area contributed by atoms with Crippen molar-refractivity contribution in [3.63, 3.8) is 0 Å². The van der Waals surface area contributed by atoms with Crippen LogP contribution in [0.2, 0.25) is 0 Å². The average Bonchev–Trinajstić information content (AvgIpc) is 3.50. The minimum absolute atomic E-state index is 0.171. The number of nitrogens with zero attached hydrogens (tertiary/aromatic N) is 2. The molecule has 154 valence electrons. The van der Waals surface area contributed by atoms with Gasteiger partial charge in [0, 0.05) is 37.0 Å². The molecule has 2 atom stereocenters. The number of benzene rings is 2. The van der Waals surface area contributed by atoms with Crippen molar-refractivity contribution in [2.24, 2.45) is 0 Å². The van der Waals surface area contributed by atoms with E-state index in [0.29, 0.717) is 23.7 Å². The molecule has 1 aromatic heterocycles. The third kappa shape index (κ3) is 3.61. The molecule has 0 radical (unpaired) electrons. The largest absolute Gasteiger partial charge is 0.454 e. The van der Waals surface area contributed by atoms with Gasteiger partial charge in [0.05, 0.1) is 11.7 Å². The molecule has 0 saturated carbocycles. The number of carbonyl (C=O) groups is 1. The summed E-state index contributed by atoms with van der Waals surface area (Å²) in [4.78, 5) is 14.8. The van der Waals surface area contributed by atoms with Crippen molar-refractivity contribution in [2.45, 2.75) is 25.2 Å². The molecule has 2 aliphatic rings. The Hall–Kier alpha value is -3.39. The Kier molecular flexibility index (Phi) is 4.84. The lowest BCUT2D eigenvalue weighted by atomic mass is 10.1. The van der Waals surface area contributed by atoms with Crippen LogP contribution in [0.1, 0.15) is 12.0 Å². The fourth-order valence-corrected chi connectivity index (χ4v) is 4.00. The number of carbonyl (C=O) groups excluding carboxylic acids is 1. The number of para-hydroxylation sites is 1. The molecule has 0 bridgehead atoms. The van der Waals surface area contributed by atoms with Crippen molar-refractivity contribution in [1.29, 1.82) is 0 Å². The second-order valence-electron chi connectivity index (χ2n) is 7.47. The van der Waals surface area contributed by atoms with Crippen molar-refractivity contribution in [3.8, 4) is 22.8 Å². The first-order chi connectivity index (χ1) is 14.7. The molecular weight excluding hydrogens is 387 g/mol. The van der Waals surface area contributed by atoms with Crippen LogP contribution in [-0.4, -0.2) is 46.6 Å². The molecular formula is C22H21FN4O3. The number of ether oxygens (including phenoxy) is 2. The van der Waals surface area contributed by atoms with Gasteiger partial charge < -0.3 is 14.8 Å². The summed E-state index contributed by atoms with van der Waals surface area (Å²) in [5.41, 5.74) is 3.43. The van der Waals surface area contributed by atoms with Gasteiger partial charge in [0.25, 0.3) is 0 Å². The number of H-pyrrole nitrogens is 1. The maximum Gasteiger partial charge on any atom is 0.241 e. The predicted octanol–water partition coefficient (Wildman–Crippen LogP) is 3.36. The Balaban J connectivity index is 1.29. The third-order valence-corrected chi connectivity index (χ3v) is 5.47. The fraction of sp³-hybridized carbons (Fsp3) is 0.273. The first kappa shape index (κ1) is 18.6. The zero-order valence-corrected chi connectivity index (χ0v) is 16.2. The SMILES string of the molecule is O=C(Nc1ccc(-c2ccn[nH]2)cc1)[C@H]1C[C@H](F)CN1Cc1cccc2c1OCO2. The minimum atomic E-state index is -1.04. The predicted molar refractivity (Wildman–Crippen MR) is 109 cm³/mol. The van der Waals surface area contributed by atoms with Crippen LogP contribution in [0.5, 0.6) is 11.5 Å². The lowest BCUT2D eigenvalue weighted by molar-refractivity contribution is -0.120. The summed E-state index contributed by atoms with van der Waals surface area (Å²) in [6.07, 6.45) is 0.814. The Labute approximate surface area is 172 Å². The normalized spacial score (nSPS) is 20.4. The number of likely N-dealkylation sites (tertiary alicyclic amines) is 1. The van der Waals surface area contributed by atoms with Gasteiger partial charge in [-0.1, -0.05) is 24.3 Å². The Morgan fingerprint density at radius 1 is 1.20 bits per heavy atom. The molecule has 1 saturated heterocycles. The average molecular weight is 408 g/mol. The van der Waals surface area contributed by atoms with Crippen LogP contribution < -0.4 is 14.8 Å². The molecule has 1 amide bonds. The number of hydrogen-bond acceptors (Lipinski definition) is 5. The second-order valence-corrected chi connectivity index (χ2v) is 7.47. The third-order valence-electron chi connectivity index (χ3n) is 5.47. The Morgan fingerprint density at radius 3 is 2.87 bits per heavy atom. The number of rotatable bonds is 5. The highest BCUT2D eigenvalue weighted by molar-refractivity contribution is 5.95. The number of anilines is 1. The maximum atomic E-state index is 14.2. The molecule has 7 nitrogen and oxygen atoms in total. The number of aromatic nitrogens is 2. The molecule has 0 spiro atoms. The molecule has 2 aromatic carbocycles. The van der Waals surface area contributed by atoms with Gasteiger partial charge in [0.2, 0.25) is 12.7 Å². The van der Waals surface area contributed by atoms with Crippen molar-refractivity contribution >= 4 is 11.6 Å². The van der Waals surface area contributed by atoms with E-state index in [0.717, 1.165) is 16.8 Å². The fourth-order valence-electron chi connectivity index (χ4n) is 4.00. The summed E-state index contributed by atoms with van der Waals surface area (Å²) in [6, 6.07) is 14.4. The monoisotopic (exact) mass is 408 g/mol. The lowest BCUT2D eigenvalue weighted by Crippen LogP contribution is -2.39. The minimum Gasteiger partial charge on any atom is -0.454 e. The van der Waals surface area contributed by atoms with Gasteiger partial charge in [0.1, 0.15) is 6.17 Å². The van der Waals surface area contributed by atoms with E-state index in [-0.39, 0.29) is 25.7 Å². The van der Waals surface area contributed by atoms with Crippen LogP contribution >= 0.6 is 0 Å². The van der Waals surface area contributed by atoms with E-state index in [1.807, 2.05) is 53.4 Å². The van der Waals surface area contributed by atoms with Crippen LogP contribution in [-0.2, 0) is 11.3 Å². The molecule has 0 aliphatic carbocycles. The zero-order valence-electron chi connectivity index (χ0n) is 16.2. The van der Waals surface area contributed by atoms with Crippen LogP contribution in [0.3, 0.4) is 0 Å². The number of alkyl halides is 1. The van der Waals surface area contributed by atoms with E-state index < -0.39 is 12.2 Å². The van der Waals surface area contributed by atoms with Crippen LogP contribution in [0.4, 0.5) is 10.1 Å². The van der Waals surface area contributed by atoms with Gasteiger partial charge in [-0.15, -0.1) is 0 Å². The molecule has 3 heterocycles. The van der Waals surface area contributed by atoms with Gasteiger partial charge in [-0.25, -0.2) is 4.39 Å². The number of amides is 1. The highest BCUT2D eigenvalue weighted by Gasteiger charge is 2.37. The molecule has 5 rings (SSSR count). The van der Waals surface area contributed by atoms with Crippen LogP contribution in [0, 0.1) is 0 Å². The van der Waals surface area contributed by atoms with Gasteiger partial charge in [-0.05, 0) is 29.8 Å². The van der Waals surface area contributed by atoms with Crippen molar-refractivity contribution in [3.05, 3.63) is 60.3 Å². The first-order valence-corrected chi connectivity index (χ1v) is 9.83. The number of halogens is 1. The topological polar surface area (TPSA) is 79.5 Å². The molecule has 3 aromatic rings. The highest BCUT2D eigenvalue weighted by atomic mass is 19.1.